The van der Waals surface area contributed by atoms with Crippen molar-refractivity contribution in [1.82, 2.24) is 4.98 Å². The molecule has 3 amide bonds. The van der Waals surface area contributed by atoms with Gasteiger partial charge in [0.1, 0.15) is 5.01 Å². The number of hydrogen-bond acceptors (Lipinski definition) is 6. The molecule has 6 nitrogen and oxygen atoms in total. The van der Waals surface area contributed by atoms with Crippen LogP contribution < -0.4 is 10.2 Å². The Morgan fingerprint density at radius 3 is 2.48 bits per heavy atom. The highest BCUT2D eigenvalue weighted by molar-refractivity contribution is 8.00. The summed E-state index contributed by atoms with van der Waals surface area (Å²) < 4.78 is 1.13. The fourth-order valence-electron chi connectivity index (χ4n) is 4.64. The van der Waals surface area contributed by atoms with Crippen molar-refractivity contribution in [3.8, 4) is 10.6 Å². The van der Waals surface area contributed by atoms with E-state index in [-0.39, 0.29) is 24.1 Å². The molecule has 6 rings (SSSR count). The van der Waals surface area contributed by atoms with Gasteiger partial charge in [-0.1, -0.05) is 36.4 Å². The zero-order valence-electron chi connectivity index (χ0n) is 21.7. The van der Waals surface area contributed by atoms with Crippen molar-refractivity contribution in [2.45, 2.75) is 29.9 Å². The van der Waals surface area contributed by atoms with Crippen molar-refractivity contribution in [3.05, 3.63) is 108 Å². The number of benzene rings is 4. The van der Waals surface area contributed by atoms with Crippen LogP contribution in [0.2, 0.25) is 0 Å². The summed E-state index contributed by atoms with van der Waals surface area (Å²) in [6.45, 7) is 2.06. The van der Waals surface area contributed by atoms with E-state index >= 15 is 0 Å². The van der Waals surface area contributed by atoms with Gasteiger partial charge in [-0.15, -0.1) is 23.1 Å². The fraction of sp³-hybridized carbons (Fsp3) is 0.125. The van der Waals surface area contributed by atoms with Crippen LogP contribution in [0.1, 0.15) is 17.5 Å². The number of aryl methyl sites for hydroxylation is 1. The van der Waals surface area contributed by atoms with Crippen molar-refractivity contribution in [3.63, 3.8) is 0 Å². The Bertz CT molecular complexity index is 1710. The summed E-state index contributed by atoms with van der Waals surface area (Å²) in [5.74, 6) is -0.531. The van der Waals surface area contributed by atoms with Crippen LogP contribution in [0.4, 0.5) is 11.4 Å². The van der Waals surface area contributed by atoms with E-state index < -0.39 is 5.25 Å². The molecule has 1 aliphatic heterocycles. The molecule has 0 aliphatic carbocycles. The first-order chi connectivity index (χ1) is 19.4. The molecule has 1 atom stereocenters. The van der Waals surface area contributed by atoms with Crippen LogP contribution in [0.15, 0.2) is 102 Å². The number of hydrogen-bond donors (Lipinski definition) is 1. The van der Waals surface area contributed by atoms with Crippen LogP contribution in [0.5, 0.6) is 0 Å². The molecule has 2 heterocycles. The third-order valence-corrected chi connectivity index (χ3v) is 8.91. The molecule has 1 saturated heterocycles. The van der Waals surface area contributed by atoms with Gasteiger partial charge in [0, 0.05) is 22.6 Å². The summed E-state index contributed by atoms with van der Waals surface area (Å²) in [4.78, 5) is 45.3. The predicted octanol–water partition coefficient (Wildman–Crippen LogP) is 6.88. The van der Waals surface area contributed by atoms with Crippen molar-refractivity contribution >= 4 is 62.4 Å². The number of nitrogens with zero attached hydrogens (tertiary/aromatic N) is 2. The number of thioether (sulfide) groups is 1. The molecule has 198 valence electrons. The van der Waals surface area contributed by atoms with E-state index in [1.807, 2.05) is 91.0 Å². The topological polar surface area (TPSA) is 79.4 Å². The second-order valence-corrected chi connectivity index (χ2v) is 12.0. The lowest BCUT2D eigenvalue weighted by Crippen LogP contribution is -2.31. The summed E-state index contributed by atoms with van der Waals surface area (Å²) in [5, 5.41) is 3.30. The van der Waals surface area contributed by atoms with Crippen LogP contribution in [0.25, 0.3) is 20.8 Å². The van der Waals surface area contributed by atoms with Gasteiger partial charge in [-0.05, 0) is 78.7 Å². The van der Waals surface area contributed by atoms with Crippen LogP contribution >= 0.6 is 23.1 Å². The fourth-order valence-corrected chi connectivity index (χ4v) is 6.77. The zero-order chi connectivity index (χ0) is 27.6. The lowest BCUT2D eigenvalue weighted by atomic mass is 10.1. The molecule has 0 radical (unpaired) electrons. The number of nitrogens with one attached hydrogen (secondary N) is 1. The molecule has 8 heteroatoms. The van der Waals surface area contributed by atoms with E-state index in [1.54, 1.807) is 11.3 Å². The maximum Gasteiger partial charge on any atom is 0.247 e. The molecule has 0 spiro atoms. The van der Waals surface area contributed by atoms with Crippen LogP contribution in [0, 0.1) is 6.92 Å². The Balaban J connectivity index is 1.09. The Morgan fingerprint density at radius 2 is 1.73 bits per heavy atom. The summed E-state index contributed by atoms with van der Waals surface area (Å²) in [6, 6.07) is 30.5. The Kier molecular flexibility index (Phi) is 7.19. The molecule has 5 aromatic rings. The van der Waals surface area contributed by atoms with E-state index in [9.17, 15) is 14.4 Å². The lowest BCUT2D eigenvalue weighted by molar-refractivity contribution is -0.121. The highest BCUT2D eigenvalue weighted by Gasteiger charge is 2.40. The number of amides is 3. The second-order valence-electron chi connectivity index (χ2n) is 9.65. The maximum absolute atomic E-state index is 13.2. The van der Waals surface area contributed by atoms with E-state index in [0.717, 1.165) is 31.2 Å². The molecule has 0 bridgehead atoms. The smallest absolute Gasteiger partial charge is 0.247 e. The lowest BCUT2D eigenvalue weighted by Gasteiger charge is -2.15. The molecular weight excluding hydrogens is 539 g/mol. The normalized spacial score (nSPS) is 15.1. The number of aromatic nitrogens is 1. The number of anilines is 2. The monoisotopic (exact) mass is 563 g/mol. The number of rotatable bonds is 7. The summed E-state index contributed by atoms with van der Waals surface area (Å²) in [5.41, 5.74) is 5.30. The van der Waals surface area contributed by atoms with Crippen LogP contribution in [-0.4, -0.2) is 28.0 Å². The molecule has 40 heavy (non-hydrogen) atoms. The number of fused-ring (bicyclic) bond motifs is 1. The van der Waals surface area contributed by atoms with Gasteiger partial charge in [-0.3, -0.25) is 14.4 Å². The first-order valence-electron chi connectivity index (χ1n) is 12.9. The molecule has 1 aromatic heterocycles. The average Bonchev–Trinajstić information content (AvgIpc) is 3.49. The molecule has 1 unspecified atom stereocenters. The van der Waals surface area contributed by atoms with Crippen molar-refractivity contribution in [2.24, 2.45) is 0 Å². The zero-order valence-corrected chi connectivity index (χ0v) is 23.3. The van der Waals surface area contributed by atoms with Crippen molar-refractivity contribution in [2.75, 3.05) is 10.2 Å². The van der Waals surface area contributed by atoms with Gasteiger partial charge in [0.15, 0.2) is 0 Å². The minimum absolute atomic E-state index is 0.0944. The molecule has 1 fully saturated rings. The van der Waals surface area contributed by atoms with E-state index in [2.05, 4.69) is 18.3 Å². The van der Waals surface area contributed by atoms with Gasteiger partial charge >= 0.3 is 0 Å². The van der Waals surface area contributed by atoms with Crippen molar-refractivity contribution in [1.29, 1.82) is 0 Å². The molecular formula is C32H25N3O3S2. The van der Waals surface area contributed by atoms with Gasteiger partial charge in [0.25, 0.3) is 0 Å². The summed E-state index contributed by atoms with van der Waals surface area (Å²) in [7, 11) is 0. The summed E-state index contributed by atoms with van der Waals surface area (Å²) >= 11 is 2.99. The number of thiazole rings is 1. The third-order valence-electron chi connectivity index (χ3n) is 6.65. The second kappa shape index (κ2) is 11.1. The largest absolute Gasteiger partial charge is 0.326 e. The Morgan fingerprint density at radius 1 is 0.975 bits per heavy atom. The number of carbonyl (C=O) groups excluding carboxylic acids is 3. The number of carbonyl (C=O) groups is 3. The van der Waals surface area contributed by atoms with E-state index in [1.165, 1.54) is 22.2 Å². The first kappa shape index (κ1) is 26.0. The molecule has 4 aromatic carbocycles. The number of imide groups is 1. The van der Waals surface area contributed by atoms with Gasteiger partial charge in [-0.2, -0.15) is 0 Å². The summed E-state index contributed by atoms with van der Waals surface area (Å²) in [6.07, 6.45) is 0.436. The third kappa shape index (κ3) is 5.54. The minimum Gasteiger partial charge on any atom is -0.326 e. The van der Waals surface area contributed by atoms with Gasteiger partial charge in [-0.25, -0.2) is 9.88 Å². The molecule has 0 saturated carbocycles. The average molecular weight is 564 g/mol. The SMILES string of the molecule is Cc1ccc2nc(-c3ccc(N4C(=O)CC(Sc5ccc(NC(=O)Cc6ccccc6)cc5)C4=O)cc3)sc2c1. The predicted molar refractivity (Wildman–Crippen MR) is 162 cm³/mol. The van der Waals surface area contributed by atoms with Gasteiger partial charge in [0.05, 0.1) is 27.6 Å². The highest BCUT2D eigenvalue weighted by atomic mass is 32.2. The Hall–Kier alpha value is -4.27. The van der Waals surface area contributed by atoms with Crippen LogP contribution in [-0.2, 0) is 20.8 Å². The highest BCUT2D eigenvalue weighted by Crippen LogP contribution is 2.36. The van der Waals surface area contributed by atoms with Gasteiger partial charge in [0.2, 0.25) is 17.7 Å². The standard InChI is InChI=1S/C32H25N3O3S2/c1-20-7-16-26-27(17-20)40-31(34-26)22-8-12-24(13-9-22)35-30(37)19-28(32(35)38)39-25-14-10-23(11-15-25)33-29(36)18-21-5-3-2-4-6-21/h2-17,28H,18-19H2,1H3,(H,33,36). The first-order valence-corrected chi connectivity index (χ1v) is 14.6. The quantitative estimate of drug-likeness (QED) is 0.219. The van der Waals surface area contributed by atoms with Gasteiger partial charge < -0.3 is 5.32 Å². The molecule has 1 N–H and O–H groups in total. The maximum atomic E-state index is 13.2. The molecule has 1 aliphatic rings. The Labute approximate surface area is 240 Å². The minimum atomic E-state index is -0.502. The van der Waals surface area contributed by atoms with E-state index in [0.29, 0.717) is 17.8 Å². The van der Waals surface area contributed by atoms with Crippen LogP contribution in [0.3, 0.4) is 0 Å². The van der Waals surface area contributed by atoms with Crippen molar-refractivity contribution < 1.29 is 14.4 Å². The van der Waals surface area contributed by atoms with E-state index in [4.69, 9.17) is 4.98 Å².